The molecule has 9 rings (SSSR count). The van der Waals surface area contributed by atoms with Crippen molar-refractivity contribution in [1.82, 2.24) is 9.55 Å². The summed E-state index contributed by atoms with van der Waals surface area (Å²) in [4.78, 5) is 9.55. The molecule has 0 N–H and O–H groups in total. The summed E-state index contributed by atoms with van der Waals surface area (Å²) in [7, 11) is 0. The van der Waals surface area contributed by atoms with Crippen LogP contribution in [0, 0.1) is 24.2 Å². The average molecular weight is 1090 g/mol. The van der Waals surface area contributed by atoms with Crippen molar-refractivity contribution in [2.45, 2.75) is 119 Å². The van der Waals surface area contributed by atoms with Crippen LogP contribution in [-0.4, -0.2) is 9.55 Å². The molecule has 0 radical (unpaired) electrons. The van der Waals surface area contributed by atoms with Gasteiger partial charge in [-0.1, -0.05) is 181 Å². The van der Waals surface area contributed by atoms with Crippen molar-refractivity contribution >= 4 is 33.2 Å². The van der Waals surface area contributed by atoms with Crippen LogP contribution in [0.3, 0.4) is 0 Å². The number of allylic oxidation sites excluding steroid dienone is 1. The smallest absolute Gasteiger partial charge is 0.135 e. The summed E-state index contributed by atoms with van der Waals surface area (Å²) in [6.07, 6.45) is 4.21. The fourth-order valence-electron chi connectivity index (χ4n) is 9.20. The molecule has 0 spiro atoms. The van der Waals surface area contributed by atoms with E-state index in [0.717, 1.165) is 50.3 Å². The van der Waals surface area contributed by atoms with Gasteiger partial charge in [0.05, 0.1) is 0 Å². The Balaban J connectivity index is 0.00000642. The van der Waals surface area contributed by atoms with Crippen LogP contribution in [0.4, 0.5) is 11.4 Å². The normalized spacial score (nSPS) is 13.8. The summed E-state index contributed by atoms with van der Waals surface area (Å²) < 4.78 is 9.28. The van der Waals surface area contributed by atoms with Gasteiger partial charge in [-0.25, -0.2) is 4.98 Å². The SMILES string of the molecule is CC(C)(C)C1=CN(c2cc(-c3ccccc3)cc(C(C)(C)C)c2)[CH-]N1c1[c-]c(Oc2[c-]c3c(cc2)c2cc(C(C)(C)C)ccc2n3-c2cc(C(C)(C)C)ccn2)cc(C(C)(C)c2ccccc2)c1.[Pt]. The number of benzene rings is 6. The van der Waals surface area contributed by atoms with E-state index in [1.807, 2.05) is 12.3 Å². The number of aromatic nitrogens is 2. The summed E-state index contributed by atoms with van der Waals surface area (Å²) in [5, 5.41) is 2.26. The minimum absolute atomic E-state index is 0. The summed E-state index contributed by atoms with van der Waals surface area (Å²) in [5.41, 5.74) is 12.9. The summed E-state index contributed by atoms with van der Waals surface area (Å²) in [5.74, 6) is 2.07. The average Bonchev–Trinajstić information content (AvgIpc) is 3.89. The second-order valence-electron chi connectivity index (χ2n) is 23.3. The molecule has 5 nitrogen and oxygen atoms in total. The van der Waals surface area contributed by atoms with Crippen molar-refractivity contribution in [3.05, 3.63) is 198 Å². The van der Waals surface area contributed by atoms with Gasteiger partial charge in [0.2, 0.25) is 0 Å². The van der Waals surface area contributed by atoms with Crippen molar-refractivity contribution in [2.24, 2.45) is 5.41 Å². The van der Waals surface area contributed by atoms with Crippen LogP contribution in [-0.2, 0) is 42.7 Å². The molecule has 0 bridgehead atoms. The molecular weight excluding hydrogens is 1020 g/mol. The first-order valence-electron chi connectivity index (χ1n) is 24.1. The minimum atomic E-state index is -0.367. The van der Waals surface area contributed by atoms with Gasteiger partial charge in [-0.15, -0.1) is 53.6 Å². The number of nitrogens with zero attached hydrogens (tertiary/aromatic N) is 4. The zero-order valence-electron chi connectivity index (χ0n) is 42.9. The Labute approximate surface area is 426 Å². The molecule has 3 heterocycles. The number of ether oxygens (including phenoxy) is 1. The van der Waals surface area contributed by atoms with E-state index in [1.165, 1.54) is 33.4 Å². The fraction of sp³-hybridized carbons (Fsp3) is 0.302. The standard InChI is InChI=1S/C63H67N4O.Pt/c1-59(2,3)45-25-28-55-54(36-45)53-27-26-51(39-56(53)67(55)58-37-46(29-30-64-58)60(4,5)6)68-52-35-48(63(13,14)44-23-19-16-20-24-44)34-50(38-52)66-41-65(40-57(66)62(10,11)12)49-32-43(42-21-17-15-18-22-42)31-47(33-49)61(7,8)9;/h15-37,40-41H,1-14H3;/q-3;. The third kappa shape index (κ3) is 9.96. The van der Waals surface area contributed by atoms with Gasteiger partial charge in [-0.2, -0.15) is 6.07 Å². The second-order valence-corrected chi connectivity index (χ2v) is 23.3. The Bertz CT molecular complexity index is 3190. The zero-order chi connectivity index (χ0) is 48.6. The number of anilines is 2. The van der Waals surface area contributed by atoms with Crippen molar-refractivity contribution in [3.8, 4) is 28.4 Å². The van der Waals surface area contributed by atoms with Crippen LogP contribution >= 0.6 is 0 Å². The molecule has 0 fully saturated rings. The van der Waals surface area contributed by atoms with E-state index >= 15 is 0 Å². The Hall–Kier alpha value is -5.90. The summed E-state index contributed by atoms with van der Waals surface area (Å²) >= 11 is 0. The van der Waals surface area contributed by atoms with Crippen molar-refractivity contribution in [3.63, 3.8) is 0 Å². The number of hydrogen-bond acceptors (Lipinski definition) is 4. The Kier molecular flexibility index (Phi) is 13.0. The van der Waals surface area contributed by atoms with E-state index in [9.17, 15) is 0 Å². The van der Waals surface area contributed by atoms with Crippen LogP contribution in [0.5, 0.6) is 11.5 Å². The minimum Gasteiger partial charge on any atom is -0.509 e. The van der Waals surface area contributed by atoms with Gasteiger partial charge in [0.1, 0.15) is 5.82 Å². The predicted molar refractivity (Wildman–Crippen MR) is 286 cm³/mol. The quantitative estimate of drug-likeness (QED) is 0.142. The van der Waals surface area contributed by atoms with E-state index in [-0.39, 0.29) is 48.1 Å². The summed E-state index contributed by atoms with van der Waals surface area (Å²) in [6, 6.07) is 55.8. The topological polar surface area (TPSA) is 33.5 Å². The van der Waals surface area contributed by atoms with Crippen molar-refractivity contribution in [1.29, 1.82) is 0 Å². The first-order chi connectivity index (χ1) is 31.9. The van der Waals surface area contributed by atoms with Gasteiger partial charge in [0.15, 0.2) is 0 Å². The van der Waals surface area contributed by atoms with E-state index in [0.29, 0.717) is 11.5 Å². The van der Waals surface area contributed by atoms with E-state index in [2.05, 4.69) is 264 Å². The predicted octanol–water partition coefficient (Wildman–Crippen LogP) is 16.8. The molecule has 0 aliphatic carbocycles. The molecule has 6 aromatic carbocycles. The number of hydrogen-bond donors (Lipinski definition) is 0. The maximum absolute atomic E-state index is 7.03. The molecule has 8 aromatic rings. The van der Waals surface area contributed by atoms with Gasteiger partial charge in [0.25, 0.3) is 0 Å². The maximum Gasteiger partial charge on any atom is 0.135 e. The molecule has 0 unspecified atom stereocenters. The van der Waals surface area contributed by atoms with E-state index in [1.54, 1.807) is 0 Å². The number of pyridine rings is 1. The van der Waals surface area contributed by atoms with Gasteiger partial charge in [0, 0.05) is 61.1 Å². The van der Waals surface area contributed by atoms with E-state index < -0.39 is 0 Å². The number of rotatable bonds is 8. The molecule has 358 valence electrons. The Morgan fingerprint density at radius 1 is 0.507 bits per heavy atom. The van der Waals surface area contributed by atoms with Crippen molar-refractivity contribution < 1.29 is 25.8 Å². The molecule has 0 atom stereocenters. The van der Waals surface area contributed by atoms with E-state index in [4.69, 9.17) is 9.72 Å². The molecule has 2 aromatic heterocycles. The third-order valence-corrected chi connectivity index (χ3v) is 13.6. The number of fused-ring (bicyclic) bond motifs is 3. The monoisotopic (exact) mass is 1090 g/mol. The Morgan fingerprint density at radius 2 is 1.16 bits per heavy atom. The van der Waals surface area contributed by atoms with Gasteiger partial charge >= 0.3 is 0 Å². The molecule has 0 saturated carbocycles. The Morgan fingerprint density at radius 3 is 1.81 bits per heavy atom. The molecule has 0 saturated heterocycles. The molecule has 1 aliphatic heterocycles. The van der Waals surface area contributed by atoms with Crippen LogP contribution in [0.15, 0.2) is 152 Å². The van der Waals surface area contributed by atoms with Crippen LogP contribution < -0.4 is 14.5 Å². The molecular formula is C63H67N4OPt-3. The summed E-state index contributed by atoms with van der Waals surface area (Å²) in [6.45, 7) is 34.0. The third-order valence-electron chi connectivity index (χ3n) is 13.6. The zero-order valence-corrected chi connectivity index (χ0v) is 45.2. The second kappa shape index (κ2) is 18.1. The maximum atomic E-state index is 7.03. The first kappa shape index (κ1) is 49.5. The molecule has 69 heavy (non-hydrogen) atoms. The molecule has 0 amide bonds. The van der Waals surface area contributed by atoms with Crippen LogP contribution in [0.25, 0.3) is 38.8 Å². The first-order valence-corrected chi connectivity index (χ1v) is 24.1. The van der Waals surface area contributed by atoms with Crippen LogP contribution in [0.2, 0.25) is 0 Å². The molecule has 6 heteroatoms. The fourth-order valence-corrected chi connectivity index (χ4v) is 9.20. The van der Waals surface area contributed by atoms with Crippen LogP contribution in [0.1, 0.15) is 125 Å². The largest absolute Gasteiger partial charge is 0.509 e. The van der Waals surface area contributed by atoms with Gasteiger partial charge < -0.3 is 19.1 Å². The van der Waals surface area contributed by atoms with Gasteiger partial charge in [-0.05, 0) is 97.0 Å². The van der Waals surface area contributed by atoms with Gasteiger partial charge in [-0.3, -0.25) is 0 Å². The van der Waals surface area contributed by atoms with Crippen molar-refractivity contribution in [2.75, 3.05) is 9.80 Å². The molecule has 1 aliphatic rings.